The Kier molecular flexibility index (Phi) is 2.62. The molecule has 3 rings (SSSR count). The van der Waals surface area contributed by atoms with Crippen molar-refractivity contribution in [2.24, 2.45) is 5.92 Å². The average Bonchev–Trinajstić information content (AvgIpc) is 3.05. The maximum absolute atomic E-state index is 4.38. The van der Waals surface area contributed by atoms with Crippen LogP contribution in [0.1, 0.15) is 12.8 Å². The van der Waals surface area contributed by atoms with Crippen molar-refractivity contribution in [3.05, 3.63) is 30.6 Å². The molecule has 0 saturated heterocycles. The van der Waals surface area contributed by atoms with Crippen LogP contribution in [0, 0.1) is 5.92 Å². The minimum atomic E-state index is 0.958. The maximum Gasteiger partial charge on any atom is 0.0958 e. The molecular weight excluding hydrogens is 198 g/mol. The van der Waals surface area contributed by atoms with Crippen molar-refractivity contribution in [2.45, 2.75) is 19.4 Å². The van der Waals surface area contributed by atoms with Crippen LogP contribution < -0.4 is 5.32 Å². The minimum Gasteiger partial charge on any atom is -0.329 e. The van der Waals surface area contributed by atoms with Crippen molar-refractivity contribution in [1.82, 2.24) is 14.9 Å². The monoisotopic (exact) mass is 215 g/mol. The summed E-state index contributed by atoms with van der Waals surface area (Å²) in [6, 6.07) is 8.29. The lowest BCUT2D eigenvalue weighted by atomic mass is 10.3. The fourth-order valence-electron chi connectivity index (χ4n) is 2.02. The van der Waals surface area contributed by atoms with E-state index in [1.165, 1.54) is 24.9 Å². The number of benzene rings is 1. The average molecular weight is 215 g/mol. The van der Waals surface area contributed by atoms with Gasteiger partial charge < -0.3 is 9.88 Å². The van der Waals surface area contributed by atoms with E-state index in [2.05, 4.69) is 33.1 Å². The SMILES string of the molecule is c1ccc2c(c1)ncn2CCNCC1CC1. The van der Waals surface area contributed by atoms with Gasteiger partial charge in [-0.15, -0.1) is 0 Å². The number of hydrogen-bond donors (Lipinski definition) is 1. The Bertz CT molecular complexity index is 471. The number of nitrogens with zero attached hydrogens (tertiary/aromatic N) is 2. The number of fused-ring (bicyclic) bond motifs is 1. The van der Waals surface area contributed by atoms with Crippen molar-refractivity contribution in [3.8, 4) is 0 Å². The van der Waals surface area contributed by atoms with Gasteiger partial charge in [-0.3, -0.25) is 0 Å². The lowest BCUT2D eigenvalue weighted by Gasteiger charge is -2.05. The molecule has 1 aliphatic carbocycles. The van der Waals surface area contributed by atoms with Crippen LogP contribution in [0.15, 0.2) is 30.6 Å². The van der Waals surface area contributed by atoms with Crippen molar-refractivity contribution in [3.63, 3.8) is 0 Å². The summed E-state index contributed by atoms with van der Waals surface area (Å²) < 4.78 is 2.22. The third-order valence-corrected chi connectivity index (χ3v) is 3.19. The summed E-state index contributed by atoms with van der Waals surface area (Å²) in [5, 5.41) is 3.50. The molecule has 3 heteroatoms. The zero-order chi connectivity index (χ0) is 10.8. The number of hydrogen-bond acceptors (Lipinski definition) is 2. The van der Waals surface area contributed by atoms with Gasteiger partial charge in [0.15, 0.2) is 0 Å². The molecule has 2 aromatic rings. The van der Waals surface area contributed by atoms with E-state index in [1.54, 1.807) is 0 Å². The maximum atomic E-state index is 4.38. The van der Waals surface area contributed by atoms with Crippen molar-refractivity contribution in [2.75, 3.05) is 13.1 Å². The van der Waals surface area contributed by atoms with E-state index in [9.17, 15) is 0 Å². The summed E-state index contributed by atoms with van der Waals surface area (Å²) in [6.07, 6.45) is 4.77. The molecule has 0 unspecified atom stereocenters. The van der Waals surface area contributed by atoms with Gasteiger partial charge in [-0.2, -0.15) is 0 Å². The van der Waals surface area contributed by atoms with Crippen LogP contribution in [0.5, 0.6) is 0 Å². The van der Waals surface area contributed by atoms with Gasteiger partial charge in [0.2, 0.25) is 0 Å². The molecule has 0 aliphatic heterocycles. The minimum absolute atomic E-state index is 0.958. The summed E-state index contributed by atoms with van der Waals surface area (Å²) >= 11 is 0. The summed E-state index contributed by atoms with van der Waals surface area (Å²) in [7, 11) is 0. The molecule has 1 saturated carbocycles. The second kappa shape index (κ2) is 4.26. The summed E-state index contributed by atoms with van der Waals surface area (Å²) in [4.78, 5) is 4.38. The van der Waals surface area contributed by atoms with Crippen LogP contribution in [0.25, 0.3) is 11.0 Å². The van der Waals surface area contributed by atoms with Crippen LogP contribution in [-0.2, 0) is 6.54 Å². The number of rotatable bonds is 5. The third kappa shape index (κ3) is 2.09. The molecule has 1 N–H and O–H groups in total. The molecular formula is C13H17N3. The van der Waals surface area contributed by atoms with Gasteiger partial charge in [0.1, 0.15) is 0 Å². The van der Waals surface area contributed by atoms with Gasteiger partial charge in [0, 0.05) is 13.1 Å². The molecule has 1 aromatic heterocycles. The van der Waals surface area contributed by atoms with E-state index in [0.29, 0.717) is 0 Å². The van der Waals surface area contributed by atoms with Gasteiger partial charge in [-0.05, 0) is 37.4 Å². The molecule has 84 valence electrons. The molecule has 1 heterocycles. The number of aromatic nitrogens is 2. The number of imidazole rings is 1. The highest BCUT2D eigenvalue weighted by Crippen LogP contribution is 2.27. The lowest BCUT2D eigenvalue weighted by Crippen LogP contribution is -2.21. The lowest BCUT2D eigenvalue weighted by molar-refractivity contribution is 0.583. The fraction of sp³-hybridized carbons (Fsp3) is 0.462. The quantitative estimate of drug-likeness (QED) is 0.773. The topological polar surface area (TPSA) is 29.9 Å². The van der Waals surface area contributed by atoms with E-state index in [4.69, 9.17) is 0 Å². The molecule has 16 heavy (non-hydrogen) atoms. The van der Waals surface area contributed by atoms with E-state index in [-0.39, 0.29) is 0 Å². The second-order valence-corrected chi connectivity index (χ2v) is 4.57. The van der Waals surface area contributed by atoms with Crippen molar-refractivity contribution in [1.29, 1.82) is 0 Å². The second-order valence-electron chi connectivity index (χ2n) is 4.57. The first-order chi connectivity index (χ1) is 7.93. The highest BCUT2D eigenvalue weighted by atomic mass is 15.1. The predicted octanol–water partition coefficient (Wildman–Crippen LogP) is 2.04. The fourth-order valence-corrected chi connectivity index (χ4v) is 2.02. The van der Waals surface area contributed by atoms with Crippen LogP contribution >= 0.6 is 0 Å². The van der Waals surface area contributed by atoms with E-state index in [0.717, 1.165) is 24.5 Å². The van der Waals surface area contributed by atoms with E-state index >= 15 is 0 Å². The van der Waals surface area contributed by atoms with Gasteiger partial charge in [0.25, 0.3) is 0 Å². The number of para-hydroxylation sites is 2. The van der Waals surface area contributed by atoms with Crippen molar-refractivity contribution >= 4 is 11.0 Å². The Morgan fingerprint density at radius 1 is 1.31 bits per heavy atom. The zero-order valence-electron chi connectivity index (χ0n) is 9.39. The van der Waals surface area contributed by atoms with Crippen LogP contribution in [0.4, 0.5) is 0 Å². The highest BCUT2D eigenvalue weighted by Gasteiger charge is 2.19. The Morgan fingerprint density at radius 3 is 3.06 bits per heavy atom. The first-order valence-corrected chi connectivity index (χ1v) is 6.04. The standard InChI is InChI=1S/C13H17N3/c1-2-4-13-12(3-1)15-10-16(13)8-7-14-9-11-5-6-11/h1-4,10-11,14H,5-9H2. The first-order valence-electron chi connectivity index (χ1n) is 6.04. The van der Waals surface area contributed by atoms with Crippen LogP contribution in [0.2, 0.25) is 0 Å². The first kappa shape index (κ1) is 9.85. The Balaban J connectivity index is 1.60. The van der Waals surface area contributed by atoms with Crippen LogP contribution in [-0.4, -0.2) is 22.6 Å². The van der Waals surface area contributed by atoms with Gasteiger partial charge in [0.05, 0.1) is 17.4 Å². The highest BCUT2D eigenvalue weighted by molar-refractivity contribution is 5.74. The van der Waals surface area contributed by atoms with Crippen molar-refractivity contribution < 1.29 is 0 Å². The molecule has 3 nitrogen and oxygen atoms in total. The van der Waals surface area contributed by atoms with E-state index in [1.807, 2.05) is 12.4 Å². The molecule has 1 aliphatic rings. The Labute approximate surface area is 95.5 Å². The summed E-state index contributed by atoms with van der Waals surface area (Å²) in [6.45, 7) is 3.23. The third-order valence-electron chi connectivity index (χ3n) is 3.19. The van der Waals surface area contributed by atoms with Crippen LogP contribution in [0.3, 0.4) is 0 Å². The van der Waals surface area contributed by atoms with Gasteiger partial charge >= 0.3 is 0 Å². The molecule has 0 atom stereocenters. The molecule has 0 bridgehead atoms. The molecule has 0 radical (unpaired) electrons. The zero-order valence-corrected chi connectivity index (χ0v) is 9.39. The smallest absolute Gasteiger partial charge is 0.0958 e. The predicted molar refractivity (Wildman–Crippen MR) is 65.3 cm³/mol. The summed E-state index contributed by atoms with van der Waals surface area (Å²) in [5.41, 5.74) is 2.32. The largest absolute Gasteiger partial charge is 0.329 e. The summed E-state index contributed by atoms with van der Waals surface area (Å²) in [5.74, 6) is 0.958. The Hall–Kier alpha value is -1.35. The Morgan fingerprint density at radius 2 is 2.19 bits per heavy atom. The van der Waals surface area contributed by atoms with E-state index < -0.39 is 0 Å². The molecule has 0 amide bonds. The molecule has 1 aromatic carbocycles. The molecule has 0 spiro atoms. The van der Waals surface area contributed by atoms with Gasteiger partial charge in [-0.25, -0.2) is 4.98 Å². The van der Waals surface area contributed by atoms with Gasteiger partial charge in [-0.1, -0.05) is 12.1 Å². The molecule has 1 fully saturated rings. The number of nitrogens with one attached hydrogen (secondary N) is 1. The normalized spacial score (nSPS) is 15.8.